The second-order valence-electron chi connectivity index (χ2n) is 9.39. The van der Waals surface area contributed by atoms with Gasteiger partial charge in [-0.2, -0.15) is 18.4 Å². The molecule has 6 rings (SSSR count). The van der Waals surface area contributed by atoms with Gasteiger partial charge >= 0.3 is 12.6 Å². The third kappa shape index (κ3) is 5.01. The molecule has 0 amide bonds. The van der Waals surface area contributed by atoms with Crippen LogP contribution in [0.15, 0.2) is 22.2 Å². The average molecular weight is 652 g/mol. The van der Waals surface area contributed by atoms with Gasteiger partial charge in [-0.05, 0) is 11.8 Å². The van der Waals surface area contributed by atoms with Crippen LogP contribution in [-0.2, 0) is 30.3 Å². The number of fused-ring (bicyclic) bond motifs is 2. The topological polar surface area (TPSA) is 264 Å². The van der Waals surface area contributed by atoms with Gasteiger partial charge in [0.25, 0.3) is 11.1 Å². The molecule has 8 atom stereocenters. The van der Waals surface area contributed by atoms with Crippen molar-refractivity contribution >= 4 is 46.8 Å². The second-order valence-corrected chi connectivity index (χ2v) is 12.2. The molecule has 43 heavy (non-hydrogen) atoms. The highest BCUT2D eigenvalue weighted by Crippen LogP contribution is 2.51. The molecule has 0 radical (unpaired) electrons. The number of nitrogens with zero attached hydrogens (tertiary/aromatic N) is 7. The normalized spacial score (nSPS) is 30.3. The highest BCUT2D eigenvalue weighted by molar-refractivity contribution is 8.07. The van der Waals surface area contributed by atoms with E-state index in [1.54, 1.807) is 0 Å². The zero-order chi connectivity index (χ0) is 30.8. The molecular weight excluding hydrogens is 632 g/mol. The summed E-state index contributed by atoms with van der Waals surface area (Å²) >= 11 is 4.97. The third-order valence-electron chi connectivity index (χ3n) is 6.69. The quantitative estimate of drug-likeness (QED) is 0.112. The number of aromatic nitrogens is 9. The number of aliphatic hydroxyl groups excluding tert-OH is 2. The fourth-order valence-electron chi connectivity index (χ4n) is 4.67. The summed E-state index contributed by atoms with van der Waals surface area (Å²) in [4.78, 5) is 50.8. The number of alkyl halides is 3. The van der Waals surface area contributed by atoms with Crippen molar-refractivity contribution in [3.05, 3.63) is 33.4 Å². The van der Waals surface area contributed by atoms with Crippen LogP contribution in [0.1, 0.15) is 12.5 Å². The SMILES string of the molecule is Nc1nc2c(ncn2[C@@H]2O[C@H](CO)[C@@H](F)[C@H]2OP(O)(=S)OC[C@H]2O[C@@H](n3nnc4c(=O)[nH]cnc43)C(F)(F)[C@@H]2O)c(=O)[nH]1. The molecule has 7 N–H and O–H groups in total. The number of hydrogen-bond acceptors (Lipinski definition) is 15. The first-order chi connectivity index (χ1) is 20.3. The molecule has 19 nitrogen and oxygen atoms in total. The molecule has 0 spiro atoms. The number of rotatable bonds is 8. The Hall–Kier alpha value is -3.41. The molecule has 0 aromatic carbocycles. The molecule has 2 aliphatic heterocycles. The number of aliphatic hydroxyl groups is 2. The van der Waals surface area contributed by atoms with Crippen molar-refractivity contribution in [3.8, 4) is 0 Å². The predicted octanol–water partition coefficient (Wildman–Crippen LogP) is -2.03. The van der Waals surface area contributed by atoms with E-state index in [4.69, 9.17) is 36.1 Å². The number of imidazole rings is 1. The first-order valence-corrected chi connectivity index (χ1v) is 14.7. The molecule has 0 aliphatic carbocycles. The fourth-order valence-corrected chi connectivity index (χ4v) is 6.07. The molecule has 1 unspecified atom stereocenters. The lowest BCUT2D eigenvalue weighted by molar-refractivity contribution is -0.142. The van der Waals surface area contributed by atoms with Crippen LogP contribution < -0.4 is 16.9 Å². The van der Waals surface area contributed by atoms with Crippen LogP contribution in [-0.4, -0.2) is 109 Å². The summed E-state index contributed by atoms with van der Waals surface area (Å²) in [5.41, 5.74) is 3.07. The molecule has 6 heterocycles. The highest BCUT2D eigenvalue weighted by Gasteiger charge is 2.61. The lowest BCUT2D eigenvalue weighted by Gasteiger charge is -2.26. The van der Waals surface area contributed by atoms with Gasteiger partial charge < -0.3 is 39.8 Å². The van der Waals surface area contributed by atoms with Crippen LogP contribution in [0.2, 0.25) is 0 Å². The van der Waals surface area contributed by atoms with E-state index >= 15 is 13.2 Å². The Morgan fingerprint density at radius 2 is 1.95 bits per heavy atom. The molecule has 4 aromatic rings. The van der Waals surface area contributed by atoms with Gasteiger partial charge in [0, 0.05) is 0 Å². The zero-order valence-electron chi connectivity index (χ0n) is 21.1. The number of nitrogens with two attached hydrogens (primary N) is 1. The summed E-state index contributed by atoms with van der Waals surface area (Å²) in [6.07, 6.45) is -11.6. The van der Waals surface area contributed by atoms with E-state index in [-0.39, 0.29) is 28.3 Å². The molecule has 2 aliphatic rings. The second kappa shape index (κ2) is 10.6. The zero-order valence-corrected chi connectivity index (χ0v) is 22.8. The Morgan fingerprint density at radius 3 is 2.70 bits per heavy atom. The Labute approximate surface area is 239 Å². The van der Waals surface area contributed by atoms with Gasteiger partial charge in [0.15, 0.2) is 40.8 Å². The van der Waals surface area contributed by atoms with Gasteiger partial charge in [0.05, 0.1) is 25.9 Å². The Kier molecular flexibility index (Phi) is 7.34. The number of ether oxygens (including phenoxy) is 2. The largest absolute Gasteiger partial charge is 0.394 e. The maximum Gasteiger partial charge on any atom is 0.325 e. The molecular formula is C19H20F3N10O9PS. The minimum Gasteiger partial charge on any atom is -0.394 e. The summed E-state index contributed by atoms with van der Waals surface area (Å²) in [5, 5.41) is 26.9. The van der Waals surface area contributed by atoms with Crippen molar-refractivity contribution < 1.29 is 46.8 Å². The van der Waals surface area contributed by atoms with Crippen molar-refractivity contribution in [2.75, 3.05) is 18.9 Å². The van der Waals surface area contributed by atoms with Gasteiger partial charge in [-0.1, -0.05) is 5.21 Å². The van der Waals surface area contributed by atoms with Gasteiger partial charge in [0.2, 0.25) is 12.2 Å². The van der Waals surface area contributed by atoms with Gasteiger partial charge in [-0.15, -0.1) is 5.10 Å². The number of anilines is 1. The predicted molar refractivity (Wildman–Crippen MR) is 137 cm³/mol. The number of nitrogens with one attached hydrogen (secondary N) is 2. The lowest BCUT2D eigenvalue weighted by Crippen LogP contribution is -2.40. The standard InChI is InChI=1S/C19H20F3N10O9PS/c20-7-5(1-33)39-16(31-4-26-8-13(31)27-18(23)28-15(8)36)10(7)41-42(37,43)38-2-6-11(34)19(21,22)17(40-6)32-12-9(29-30-32)14(35)25-3-24-12/h3-7,10-11,16-17,33-34H,1-2H2,(H,37,43)(H,24,25,35)(H3,23,27,28,36)/t5-,6-,7-,10-,11-,16-,17-,42?/m1/s1. The minimum atomic E-state index is -4.52. The van der Waals surface area contributed by atoms with E-state index in [1.807, 2.05) is 0 Å². The van der Waals surface area contributed by atoms with Crippen molar-refractivity contribution in [3.63, 3.8) is 0 Å². The number of halogens is 3. The monoisotopic (exact) mass is 652 g/mol. The van der Waals surface area contributed by atoms with E-state index in [0.29, 0.717) is 4.68 Å². The molecule has 24 heteroatoms. The molecule has 232 valence electrons. The fraction of sp³-hybridized carbons (Fsp3) is 0.526. The summed E-state index contributed by atoms with van der Waals surface area (Å²) in [7, 11) is 0. The van der Waals surface area contributed by atoms with Gasteiger partial charge in [0.1, 0.15) is 18.3 Å². The summed E-state index contributed by atoms with van der Waals surface area (Å²) in [5.74, 6) is -4.32. The molecule has 0 bridgehead atoms. The summed E-state index contributed by atoms with van der Waals surface area (Å²) < 4.78 is 68.2. The van der Waals surface area contributed by atoms with Gasteiger partial charge in [-0.25, -0.2) is 14.4 Å². The van der Waals surface area contributed by atoms with Crippen LogP contribution in [0.25, 0.3) is 22.3 Å². The van der Waals surface area contributed by atoms with E-state index in [1.165, 1.54) is 0 Å². The Morgan fingerprint density at radius 1 is 1.19 bits per heavy atom. The van der Waals surface area contributed by atoms with E-state index in [0.717, 1.165) is 17.2 Å². The lowest BCUT2D eigenvalue weighted by atomic mass is 10.1. The van der Waals surface area contributed by atoms with E-state index in [9.17, 15) is 24.7 Å². The summed E-state index contributed by atoms with van der Waals surface area (Å²) in [6, 6.07) is 0. The van der Waals surface area contributed by atoms with Gasteiger partial charge in [-0.3, -0.25) is 23.7 Å². The van der Waals surface area contributed by atoms with Crippen molar-refractivity contribution in [2.24, 2.45) is 0 Å². The highest BCUT2D eigenvalue weighted by atomic mass is 32.5. The van der Waals surface area contributed by atoms with Crippen molar-refractivity contribution in [1.29, 1.82) is 0 Å². The Bertz CT molecular complexity index is 1850. The number of H-pyrrole nitrogens is 2. The first-order valence-electron chi connectivity index (χ1n) is 12.1. The molecule has 4 aromatic heterocycles. The molecule has 2 saturated heterocycles. The number of aromatic amines is 2. The first kappa shape index (κ1) is 29.7. The van der Waals surface area contributed by atoms with E-state index < -0.39 is 80.0 Å². The van der Waals surface area contributed by atoms with Crippen molar-refractivity contribution in [1.82, 2.24) is 44.5 Å². The minimum absolute atomic E-state index is 0.148. The average Bonchev–Trinajstić information content (AvgIpc) is 3.68. The molecule has 0 saturated carbocycles. The van der Waals surface area contributed by atoms with Crippen LogP contribution in [0.3, 0.4) is 0 Å². The van der Waals surface area contributed by atoms with Crippen LogP contribution in [0, 0.1) is 0 Å². The summed E-state index contributed by atoms with van der Waals surface area (Å²) in [6.45, 7) is -6.32. The third-order valence-corrected chi connectivity index (χ3v) is 8.25. The maximum atomic E-state index is 15.3. The molecule has 2 fully saturated rings. The smallest absolute Gasteiger partial charge is 0.325 e. The Balaban J connectivity index is 1.21. The van der Waals surface area contributed by atoms with Crippen LogP contribution in [0.5, 0.6) is 0 Å². The maximum absolute atomic E-state index is 15.3. The van der Waals surface area contributed by atoms with E-state index in [2.05, 4.69) is 35.2 Å². The van der Waals surface area contributed by atoms with Crippen molar-refractivity contribution in [2.45, 2.75) is 49.0 Å². The number of hydrogen-bond donors (Lipinski definition) is 6. The van der Waals surface area contributed by atoms with Crippen LogP contribution >= 0.6 is 6.72 Å². The van der Waals surface area contributed by atoms with Crippen LogP contribution in [0.4, 0.5) is 19.1 Å². The number of nitrogen functional groups attached to an aromatic ring is 1.